The van der Waals surface area contributed by atoms with Crippen LogP contribution in [0.1, 0.15) is 0 Å². The summed E-state index contributed by atoms with van der Waals surface area (Å²) in [6.07, 6.45) is 0. The van der Waals surface area contributed by atoms with Crippen LogP contribution in [-0.4, -0.2) is 6.61 Å². The zero-order chi connectivity index (χ0) is 14.7. The van der Waals surface area contributed by atoms with E-state index in [1.807, 2.05) is 22.6 Å². The quantitative estimate of drug-likeness (QED) is 0.599. The van der Waals surface area contributed by atoms with Crippen LogP contribution in [0.3, 0.4) is 0 Å². The van der Waals surface area contributed by atoms with Gasteiger partial charge in [-0.2, -0.15) is 8.78 Å². The smallest absolute Gasteiger partial charge is 0.387 e. The van der Waals surface area contributed by atoms with E-state index in [1.165, 1.54) is 24.3 Å². The van der Waals surface area contributed by atoms with Crippen LogP contribution in [0.4, 0.5) is 30.2 Å². The topological polar surface area (TPSA) is 47.3 Å². The molecule has 7 heteroatoms. The highest BCUT2D eigenvalue weighted by atomic mass is 127. The Balaban J connectivity index is 2.33. The second-order valence-corrected chi connectivity index (χ2v) is 5.02. The van der Waals surface area contributed by atoms with Gasteiger partial charge in [-0.15, -0.1) is 0 Å². The van der Waals surface area contributed by atoms with Crippen molar-refractivity contribution in [2.45, 2.75) is 6.61 Å². The molecule has 0 saturated carbocycles. The molecule has 0 spiro atoms. The summed E-state index contributed by atoms with van der Waals surface area (Å²) in [7, 11) is 0. The Hall–Kier alpha value is -1.64. The predicted molar refractivity (Wildman–Crippen MR) is 79.9 cm³/mol. The molecule has 0 aliphatic rings. The van der Waals surface area contributed by atoms with Gasteiger partial charge in [0.1, 0.15) is 11.6 Å². The Labute approximate surface area is 127 Å². The van der Waals surface area contributed by atoms with E-state index in [4.69, 9.17) is 5.73 Å². The third-order valence-electron chi connectivity index (χ3n) is 2.46. The highest BCUT2D eigenvalue weighted by Gasteiger charge is 2.11. The standard InChI is InChI=1S/C13H10F3IN2O/c14-7-5-11(9(18)6-8(7)17)19-10-3-1-2-4-12(10)20-13(15)16/h1-6,13,19H,18H2. The number of ether oxygens (including phenoxy) is 1. The summed E-state index contributed by atoms with van der Waals surface area (Å²) in [5.74, 6) is -0.490. The fraction of sp³-hybridized carbons (Fsp3) is 0.0769. The maximum absolute atomic E-state index is 13.5. The highest BCUT2D eigenvalue weighted by molar-refractivity contribution is 14.1. The minimum atomic E-state index is -2.94. The molecule has 2 aromatic carbocycles. The third kappa shape index (κ3) is 3.47. The maximum atomic E-state index is 13.5. The van der Waals surface area contributed by atoms with E-state index in [-0.39, 0.29) is 17.1 Å². The molecule has 3 N–H and O–H groups in total. The molecule has 0 aliphatic heterocycles. The number of hydrogen-bond donors (Lipinski definition) is 2. The van der Waals surface area contributed by atoms with Crippen molar-refractivity contribution in [3.63, 3.8) is 0 Å². The molecule has 0 amide bonds. The van der Waals surface area contributed by atoms with Gasteiger partial charge in [-0.05, 0) is 40.8 Å². The lowest BCUT2D eigenvalue weighted by Crippen LogP contribution is -2.05. The monoisotopic (exact) mass is 394 g/mol. The lowest BCUT2D eigenvalue weighted by atomic mass is 10.2. The highest BCUT2D eigenvalue weighted by Crippen LogP contribution is 2.32. The second-order valence-electron chi connectivity index (χ2n) is 3.85. The SMILES string of the molecule is Nc1cc(I)c(F)cc1Nc1ccccc1OC(F)F. The second kappa shape index (κ2) is 6.21. The van der Waals surface area contributed by atoms with E-state index in [2.05, 4.69) is 10.1 Å². The average molecular weight is 394 g/mol. The Morgan fingerprint density at radius 2 is 1.85 bits per heavy atom. The molecule has 0 unspecified atom stereocenters. The van der Waals surface area contributed by atoms with Crippen molar-refractivity contribution in [2.75, 3.05) is 11.1 Å². The molecule has 0 radical (unpaired) electrons. The minimum absolute atomic E-state index is 0.0409. The van der Waals surface area contributed by atoms with E-state index in [1.54, 1.807) is 12.1 Å². The summed E-state index contributed by atoms with van der Waals surface area (Å²) in [5.41, 5.74) is 6.64. The van der Waals surface area contributed by atoms with Gasteiger partial charge in [-0.3, -0.25) is 0 Å². The first kappa shape index (κ1) is 14.8. The molecule has 2 aromatic rings. The Bertz CT molecular complexity index is 623. The van der Waals surface area contributed by atoms with Gasteiger partial charge in [0.15, 0.2) is 0 Å². The van der Waals surface area contributed by atoms with Crippen LogP contribution in [0.2, 0.25) is 0 Å². The molecule has 0 bridgehead atoms. The number of alkyl halides is 2. The number of para-hydroxylation sites is 2. The largest absolute Gasteiger partial charge is 0.433 e. The van der Waals surface area contributed by atoms with Gasteiger partial charge < -0.3 is 15.8 Å². The number of hydrogen-bond acceptors (Lipinski definition) is 3. The zero-order valence-corrected chi connectivity index (χ0v) is 12.2. The van der Waals surface area contributed by atoms with Gasteiger partial charge in [0.05, 0.1) is 20.6 Å². The van der Waals surface area contributed by atoms with Crippen LogP contribution < -0.4 is 15.8 Å². The predicted octanol–water partition coefficient (Wildman–Crippen LogP) is 4.36. The molecular formula is C13H10F3IN2O. The van der Waals surface area contributed by atoms with Crippen LogP contribution in [0, 0.1) is 9.39 Å². The lowest BCUT2D eigenvalue weighted by Gasteiger charge is -2.14. The molecule has 106 valence electrons. The molecule has 0 saturated heterocycles. The van der Waals surface area contributed by atoms with Gasteiger partial charge in [0, 0.05) is 6.07 Å². The zero-order valence-electron chi connectivity index (χ0n) is 10.0. The first-order valence-corrected chi connectivity index (χ1v) is 6.60. The lowest BCUT2D eigenvalue weighted by molar-refractivity contribution is -0.0493. The summed E-state index contributed by atoms with van der Waals surface area (Å²) in [5, 5.41) is 2.79. The minimum Gasteiger partial charge on any atom is -0.433 e. The van der Waals surface area contributed by atoms with E-state index < -0.39 is 12.4 Å². The van der Waals surface area contributed by atoms with Crippen LogP contribution >= 0.6 is 22.6 Å². The molecule has 2 rings (SSSR count). The summed E-state index contributed by atoms with van der Waals surface area (Å²) in [6.45, 7) is -2.94. The van der Waals surface area contributed by atoms with Gasteiger partial charge >= 0.3 is 6.61 Å². The number of nitrogens with one attached hydrogen (secondary N) is 1. The summed E-state index contributed by atoms with van der Waals surface area (Å²) >= 11 is 1.81. The van der Waals surface area contributed by atoms with Crippen LogP contribution in [-0.2, 0) is 0 Å². The van der Waals surface area contributed by atoms with Gasteiger partial charge in [0.2, 0.25) is 0 Å². The molecular weight excluding hydrogens is 384 g/mol. The van der Waals surface area contributed by atoms with Crippen LogP contribution in [0.15, 0.2) is 36.4 Å². The summed E-state index contributed by atoms with van der Waals surface area (Å²) in [6, 6.07) is 8.77. The van der Waals surface area contributed by atoms with Gasteiger partial charge in [0.25, 0.3) is 0 Å². The first-order valence-electron chi connectivity index (χ1n) is 5.52. The average Bonchev–Trinajstić information content (AvgIpc) is 2.37. The van der Waals surface area contributed by atoms with Crippen LogP contribution in [0.5, 0.6) is 5.75 Å². The third-order valence-corrected chi connectivity index (χ3v) is 3.29. The molecule has 0 aromatic heterocycles. The summed E-state index contributed by atoms with van der Waals surface area (Å²) < 4.78 is 42.9. The molecule has 0 aliphatic carbocycles. The van der Waals surface area contributed by atoms with E-state index in [0.717, 1.165) is 0 Å². The van der Waals surface area contributed by atoms with Crippen molar-refractivity contribution in [3.05, 3.63) is 45.8 Å². The fourth-order valence-electron chi connectivity index (χ4n) is 1.58. The van der Waals surface area contributed by atoms with Crippen molar-refractivity contribution in [1.29, 1.82) is 0 Å². The molecule has 3 nitrogen and oxygen atoms in total. The molecule has 20 heavy (non-hydrogen) atoms. The van der Waals surface area contributed by atoms with Crippen molar-refractivity contribution in [1.82, 2.24) is 0 Å². The molecule has 0 fully saturated rings. The number of rotatable bonds is 4. The van der Waals surface area contributed by atoms with Crippen molar-refractivity contribution in [3.8, 4) is 5.75 Å². The van der Waals surface area contributed by atoms with E-state index in [9.17, 15) is 13.2 Å². The molecule has 0 heterocycles. The Morgan fingerprint density at radius 3 is 2.55 bits per heavy atom. The Morgan fingerprint density at radius 1 is 1.15 bits per heavy atom. The number of nitrogens with two attached hydrogens (primary N) is 1. The number of anilines is 3. The van der Waals surface area contributed by atoms with Gasteiger partial charge in [-0.25, -0.2) is 4.39 Å². The number of nitrogen functional groups attached to an aromatic ring is 1. The first-order chi connectivity index (χ1) is 9.47. The maximum Gasteiger partial charge on any atom is 0.387 e. The number of benzene rings is 2. The normalized spacial score (nSPS) is 10.7. The van der Waals surface area contributed by atoms with Crippen molar-refractivity contribution in [2.24, 2.45) is 0 Å². The van der Waals surface area contributed by atoms with E-state index in [0.29, 0.717) is 9.26 Å². The van der Waals surface area contributed by atoms with E-state index >= 15 is 0 Å². The van der Waals surface area contributed by atoms with Crippen LogP contribution in [0.25, 0.3) is 0 Å². The Kier molecular flexibility index (Phi) is 4.58. The van der Waals surface area contributed by atoms with Crippen molar-refractivity contribution < 1.29 is 17.9 Å². The van der Waals surface area contributed by atoms with Crippen molar-refractivity contribution >= 4 is 39.7 Å². The van der Waals surface area contributed by atoms with Gasteiger partial charge in [-0.1, -0.05) is 12.1 Å². The molecule has 0 atom stereocenters. The fourth-order valence-corrected chi connectivity index (χ4v) is 2.08. The summed E-state index contributed by atoms with van der Waals surface area (Å²) in [4.78, 5) is 0. The number of halogens is 4.